The number of hydrogen-bond donors (Lipinski definition) is 1. The van der Waals surface area contributed by atoms with Gasteiger partial charge in [0.1, 0.15) is 0 Å². The van der Waals surface area contributed by atoms with E-state index in [0.29, 0.717) is 26.3 Å². The Hall–Kier alpha value is -0.910. The molecule has 5 heteroatoms. The summed E-state index contributed by atoms with van der Waals surface area (Å²) < 4.78 is 5.39. The molecule has 2 heterocycles. The van der Waals surface area contributed by atoms with Crippen molar-refractivity contribution in [1.82, 2.24) is 4.90 Å². The average molecular weight is 240 g/mol. The second-order valence-electron chi connectivity index (χ2n) is 3.78. The van der Waals surface area contributed by atoms with Gasteiger partial charge in [0.05, 0.1) is 24.1 Å². The zero-order valence-corrected chi connectivity index (χ0v) is 9.91. The highest BCUT2D eigenvalue weighted by atomic mass is 32.1. The Bertz CT molecular complexity index is 338. The molecule has 1 aliphatic rings. The summed E-state index contributed by atoms with van der Waals surface area (Å²) >= 11 is 1.48. The molecule has 88 valence electrons. The molecule has 16 heavy (non-hydrogen) atoms. The van der Waals surface area contributed by atoms with Crippen molar-refractivity contribution < 1.29 is 9.53 Å². The number of morpholine rings is 1. The van der Waals surface area contributed by atoms with E-state index < -0.39 is 0 Å². The molecule has 0 bridgehead atoms. The lowest BCUT2D eigenvalue weighted by molar-refractivity contribution is -0.00318. The van der Waals surface area contributed by atoms with Gasteiger partial charge in [-0.15, -0.1) is 11.3 Å². The molecule has 1 saturated heterocycles. The molecule has 0 saturated carbocycles. The molecule has 2 N–H and O–H groups in total. The minimum Gasteiger partial charge on any atom is -0.377 e. The summed E-state index contributed by atoms with van der Waals surface area (Å²) in [6.45, 7) is 2.48. The van der Waals surface area contributed by atoms with Crippen LogP contribution in [0.2, 0.25) is 0 Å². The summed E-state index contributed by atoms with van der Waals surface area (Å²) in [5.74, 6) is 0.108. The van der Waals surface area contributed by atoms with Gasteiger partial charge in [0.25, 0.3) is 5.91 Å². The Kier molecular flexibility index (Phi) is 3.93. The van der Waals surface area contributed by atoms with Crippen LogP contribution in [0.15, 0.2) is 17.5 Å². The largest absolute Gasteiger partial charge is 0.377 e. The van der Waals surface area contributed by atoms with Crippen molar-refractivity contribution in [1.29, 1.82) is 0 Å². The molecule has 1 amide bonds. The van der Waals surface area contributed by atoms with E-state index >= 15 is 0 Å². The zero-order valence-electron chi connectivity index (χ0n) is 9.09. The zero-order chi connectivity index (χ0) is 11.4. The van der Waals surface area contributed by atoms with Crippen molar-refractivity contribution in [3.05, 3.63) is 22.4 Å². The topological polar surface area (TPSA) is 55.6 Å². The summed E-state index contributed by atoms with van der Waals surface area (Å²) in [6.07, 6.45) is 0.803. The van der Waals surface area contributed by atoms with Crippen LogP contribution in [-0.4, -0.2) is 43.2 Å². The Morgan fingerprint density at radius 2 is 2.56 bits per heavy atom. The summed E-state index contributed by atoms with van der Waals surface area (Å²) in [6, 6.07) is 3.89. The van der Waals surface area contributed by atoms with Crippen LogP contribution in [0.5, 0.6) is 0 Å². The van der Waals surface area contributed by atoms with Gasteiger partial charge in [-0.3, -0.25) is 4.79 Å². The molecule has 0 spiro atoms. The molecule has 1 aliphatic heterocycles. The van der Waals surface area contributed by atoms with Crippen LogP contribution in [0.3, 0.4) is 0 Å². The van der Waals surface area contributed by atoms with Crippen molar-refractivity contribution in [2.45, 2.75) is 12.5 Å². The van der Waals surface area contributed by atoms with E-state index in [1.807, 2.05) is 22.4 Å². The fourth-order valence-electron chi connectivity index (χ4n) is 1.90. The number of thiophene rings is 1. The lowest BCUT2D eigenvalue weighted by Gasteiger charge is -2.35. The fraction of sp³-hybridized carbons (Fsp3) is 0.545. The first-order valence-corrected chi connectivity index (χ1v) is 6.33. The van der Waals surface area contributed by atoms with Gasteiger partial charge in [-0.1, -0.05) is 6.07 Å². The molecule has 2 rings (SSSR count). The minimum absolute atomic E-state index is 0.108. The van der Waals surface area contributed by atoms with Gasteiger partial charge in [-0.05, 0) is 24.4 Å². The van der Waals surface area contributed by atoms with Gasteiger partial charge in [0, 0.05) is 6.54 Å². The van der Waals surface area contributed by atoms with E-state index in [4.69, 9.17) is 10.5 Å². The first-order chi connectivity index (χ1) is 7.83. The molecule has 1 aromatic heterocycles. The summed E-state index contributed by atoms with van der Waals surface area (Å²) in [5, 5.41) is 1.92. The average Bonchev–Trinajstić information content (AvgIpc) is 2.83. The lowest BCUT2D eigenvalue weighted by atomic mass is 10.1. The molecule has 1 atom stereocenters. The maximum Gasteiger partial charge on any atom is 0.264 e. The number of nitrogens with zero attached hydrogens (tertiary/aromatic N) is 1. The molecular formula is C11H16N2O2S. The Balaban J connectivity index is 2.08. The quantitative estimate of drug-likeness (QED) is 0.855. The van der Waals surface area contributed by atoms with E-state index in [-0.39, 0.29) is 11.9 Å². The number of carbonyl (C=O) groups is 1. The maximum atomic E-state index is 12.2. The smallest absolute Gasteiger partial charge is 0.264 e. The van der Waals surface area contributed by atoms with Gasteiger partial charge < -0.3 is 15.4 Å². The highest BCUT2D eigenvalue weighted by Crippen LogP contribution is 2.17. The van der Waals surface area contributed by atoms with Crippen molar-refractivity contribution in [2.75, 3.05) is 26.3 Å². The molecule has 1 fully saturated rings. The highest BCUT2D eigenvalue weighted by molar-refractivity contribution is 7.12. The molecule has 0 aliphatic carbocycles. The first kappa shape index (κ1) is 11.6. The van der Waals surface area contributed by atoms with Crippen LogP contribution in [0.1, 0.15) is 16.1 Å². The normalized spacial score (nSPS) is 21.1. The standard InChI is InChI=1S/C11H16N2O2S/c12-4-3-9-8-15-6-5-13(9)11(14)10-2-1-7-16-10/h1-2,7,9H,3-6,8,12H2. The van der Waals surface area contributed by atoms with Crippen LogP contribution in [-0.2, 0) is 4.74 Å². The maximum absolute atomic E-state index is 12.2. The number of amides is 1. The van der Waals surface area contributed by atoms with Crippen molar-refractivity contribution in [2.24, 2.45) is 5.73 Å². The van der Waals surface area contributed by atoms with Gasteiger partial charge in [0.15, 0.2) is 0 Å². The van der Waals surface area contributed by atoms with Gasteiger partial charge in [0.2, 0.25) is 0 Å². The Morgan fingerprint density at radius 3 is 3.25 bits per heavy atom. The molecule has 0 radical (unpaired) electrons. The molecular weight excluding hydrogens is 224 g/mol. The third-order valence-corrected chi connectivity index (χ3v) is 3.58. The predicted octanol–water partition coefficient (Wildman–Crippen LogP) is 0.938. The van der Waals surface area contributed by atoms with Crippen molar-refractivity contribution >= 4 is 17.2 Å². The van der Waals surface area contributed by atoms with Crippen LogP contribution >= 0.6 is 11.3 Å². The SMILES string of the molecule is NCCC1COCCN1C(=O)c1cccs1. The van der Waals surface area contributed by atoms with E-state index in [9.17, 15) is 4.79 Å². The van der Waals surface area contributed by atoms with Crippen LogP contribution in [0.25, 0.3) is 0 Å². The second-order valence-corrected chi connectivity index (χ2v) is 4.73. The van der Waals surface area contributed by atoms with E-state index in [1.54, 1.807) is 0 Å². The first-order valence-electron chi connectivity index (χ1n) is 5.45. The van der Waals surface area contributed by atoms with Gasteiger partial charge in [-0.2, -0.15) is 0 Å². The Morgan fingerprint density at radius 1 is 1.69 bits per heavy atom. The number of hydrogen-bond acceptors (Lipinski definition) is 4. The number of carbonyl (C=O) groups excluding carboxylic acids is 1. The number of ether oxygens (including phenoxy) is 1. The second kappa shape index (κ2) is 5.43. The van der Waals surface area contributed by atoms with Gasteiger partial charge >= 0.3 is 0 Å². The summed E-state index contributed by atoms with van der Waals surface area (Å²) in [5.41, 5.74) is 5.55. The molecule has 4 nitrogen and oxygen atoms in total. The van der Waals surface area contributed by atoms with E-state index in [0.717, 1.165) is 11.3 Å². The molecule has 1 unspecified atom stereocenters. The molecule has 1 aromatic rings. The Labute approximate surface area is 99.0 Å². The van der Waals surface area contributed by atoms with Crippen LogP contribution in [0.4, 0.5) is 0 Å². The number of rotatable bonds is 3. The monoisotopic (exact) mass is 240 g/mol. The third-order valence-electron chi connectivity index (χ3n) is 2.72. The van der Waals surface area contributed by atoms with Crippen LogP contribution < -0.4 is 5.73 Å². The van der Waals surface area contributed by atoms with E-state index in [2.05, 4.69) is 0 Å². The van der Waals surface area contributed by atoms with E-state index in [1.165, 1.54) is 11.3 Å². The number of nitrogens with two attached hydrogens (primary N) is 1. The van der Waals surface area contributed by atoms with Crippen molar-refractivity contribution in [3.8, 4) is 0 Å². The highest BCUT2D eigenvalue weighted by Gasteiger charge is 2.27. The van der Waals surface area contributed by atoms with Crippen molar-refractivity contribution in [3.63, 3.8) is 0 Å². The minimum atomic E-state index is 0.108. The van der Waals surface area contributed by atoms with Gasteiger partial charge in [-0.25, -0.2) is 0 Å². The molecule has 0 aromatic carbocycles. The summed E-state index contributed by atoms with van der Waals surface area (Å²) in [7, 11) is 0. The third kappa shape index (κ3) is 2.42. The summed E-state index contributed by atoms with van der Waals surface area (Å²) in [4.78, 5) is 14.9. The van der Waals surface area contributed by atoms with Crippen LogP contribution in [0, 0.1) is 0 Å². The predicted molar refractivity (Wildman–Crippen MR) is 63.6 cm³/mol. The fourth-order valence-corrected chi connectivity index (χ4v) is 2.57. The lowest BCUT2D eigenvalue weighted by Crippen LogP contribution is -2.49.